The van der Waals surface area contributed by atoms with Crippen molar-refractivity contribution < 1.29 is 4.79 Å². The summed E-state index contributed by atoms with van der Waals surface area (Å²) in [5.41, 5.74) is 2.64. The normalized spacial score (nSPS) is 19.1. The molecule has 2 aliphatic rings. The van der Waals surface area contributed by atoms with Gasteiger partial charge in [-0.25, -0.2) is 0 Å². The molecule has 0 aromatic heterocycles. The van der Waals surface area contributed by atoms with Crippen LogP contribution in [0.3, 0.4) is 0 Å². The number of anilines is 2. The molecule has 0 atom stereocenters. The Balaban J connectivity index is 1.55. The molecule has 2 saturated heterocycles. The van der Waals surface area contributed by atoms with E-state index in [9.17, 15) is 4.79 Å². The number of hydrogen-bond donors (Lipinski definition) is 0. The Morgan fingerprint density at radius 2 is 1.35 bits per heavy atom. The second-order valence-electron chi connectivity index (χ2n) is 6.68. The predicted octanol–water partition coefficient (Wildman–Crippen LogP) is 3.13. The van der Waals surface area contributed by atoms with E-state index < -0.39 is 0 Å². The van der Waals surface area contributed by atoms with Gasteiger partial charge in [0.1, 0.15) is 0 Å². The number of benzene rings is 1. The standard InChI is InChI=1S/C19H29N3O/c1-2-6-19(23)22-15-13-21(14-16-22)18-9-7-17(8-10-18)20-11-4-3-5-12-20/h7-10H,2-6,11-16H2,1H3. The van der Waals surface area contributed by atoms with Crippen molar-refractivity contribution in [1.82, 2.24) is 4.90 Å². The van der Waals surface area contributed by atoms with E-state index in [4.69, 9.17) is 0 Å². The minimum Gasteiger partial charge on any atom is -0.372 e. The number of carbonyl (C=O) groups is 1. The van der Waals surface area contributed by atoms with Crippen LogP contribution in [0.25, 0.3) is 0 Å². The monoisotopic (exact) mass is 315 g/mol. The quantitative estimate of drug-likeness (QED) is 0.854. The van der Waals surface area contributed by atoms with Crippen molar-refractivity contribution in [3.63, 3.8) is 0 Å². The fourth-order valence-electron chi connectivity index (χ4n) is 3.61. The minimum absolute atomic E-state index is 0.313. The topological polar surface area (TPSA) is 26.8 Å². The first-order valence-electron chi connectivity index (χ1n) is 9.15. The van der Waals surface area contributed by atoms with Crippen LogP contribution in [0, 0.1) is 0 Å². The second kappa shape index (κ2) is 7.71. The van der Waals surface area contributed by atoms with Gasteiger partial charge in [0.2, 0.25) is 5.91 Å². The Bertz CT molecular complexity index is 500. The SMILES string of the molecule is CCCC(=O)N1CCN(c2ccc(N3CCCCC3)cc2)CC1. The Morgan fingerprint density at radius 3 is 1.87 bits per heavy atom. The number of hydrogen-bond acceptors (Lipinski definition) is 3. The van der Waals surface area contributed by atoms with Crippen molar-refractivity contribution in [3.05, 3.63) is 24.3 Å². The van der Waals surface area contributed by atoms with Gasteiger partial charge in [0.25, 0.3) is 0 Å². The molecule has 1 aromatic rings. The number of nitrogens with zero attached hydrogens (tertiary/aromatic N) is 3. The zero-order valence-electron chi connectivity index (χ0n) is 14.3. The van der Waals surface area contributed by atoms with Crippen molar-refractivity contribution in [2.45, 2.75) is 39.0 Å². The minimum atomic E-state index is 0.313. The number of rotatable bonds is 4. The summed E-state index contributed by atoms with van der Waals surface area (Å²) in [4.78, 5) is 18.9. The first-order chi connectivity index (χ1) is 11.3. The molecule has 4 nitrogen and oxygen atoms in total. The van der Waals surface area contributed by atoms with Crippen molar-refractivity contribution in [2.75, 3.05) is 49.1 Å². The third kappa shape index (κ3) is 3.98. The maximum absolute atomic E-state index is 12.0. The molecule has 0 radical (unpaired) electrons. The Labute approximate surface area is 140 Å². The lowest BCUT2D eigenvalue weighted by Crippen LogP contribution is -2.48. The molecule has 1 amide bonds. The Kier molecular flexibility index (Phi) is 5.42. The smallest absolute Gasteiger partial charge is 0.222 e. The summed E-state index contributed by atoms with van der Waals surface area (Å²) in [6.07, 6.45) is 5.63. The van der Waals surface area contributed by atoms with Crippen molar-refractivity contribution in [2.24, 2.45) is 0 Å². The molecule has 0 bridgehead atoms. The zero-order valence-corrected chi connectivity index (χ0v) is 14.3. The van der Waals surface area contributed by atoms with Gasteiger partial charge in [0, 0.05) is 57.1 Å². The molecule has 3 rings (SSSR count). The zero-order chi connectivity index (χ0) is 16.1. The number of carbonyl (C=O) groups excluding carboxylic acids is 1. The van der Waals surface area contributed by atoms with Gasteiger partial charge in [-0.3, -0.25) is 4.79 Å². The van der Waals surface area contributed by atoms with Crippen LogP contribution in [0.2, 0.25) is 0 Å². The number of piperidine rings is 1. The molecule has 0 saturated carbocycles. The summed E-state index contributed by atoms with van der Waals surface area (Å²) >= 11 is 0. The highest BCUT2D eigenvalue weighted by molar-refractivity contribution is 5.76. The molecule has 2 aliphatic heterocycles. The van der Waals surface area contributed by atoms with Crippen LogP contribution in [0.5, 0.6) is 0 Å². The first-order valence-corrected chi connectivity index (χ1v) is 9.15. The van der Waals surface area contributed by atoms with Crippen LogP contribution in [-0.2, 0) is 4.79 Å². The van der Waals surface area contributed by atoms with E-state index in [1.54, 1.807) is 0 Å². The molecule has 0 aliphatic carbocycles. The fourth-order valence-corrected chi connectivity index (χ4v) is 3.61. The molecule has 0 spiro atoms. The van der Waals surface area contributed by atoms with E-state index in [0.717, 1.165) is 32.6 Å². The van der Waals surface area contributed by atoms with Crippen LogP contribution in [0.15, 0.2) is 24.3 Å². The van der Waals surface area contributed by atoms with Gasteiger partial charge >= 0.3 is 0 Å². The third-order valence-electron chi connectivity index (χ3n) is 5.03. The van der Waals surface area contributed by atoms with Crippen LogP contribution in [-0.4, -0.2) is 50.1 Å². The molecule has 4 heteroatoms. The summed E-state index contributed by atoms with van der Waals surface area (Å²) < 4.78 is 0. The van der Waals surface area contributed by atoms with E-state index in [1.807, 2.05) is 4.90 Å². The van der Waals surface area contributed by atoms with Gasteiger partial charge in [-0.1, -0.05) is 6.92 Å². The van der Waals surface area contributed by atoms with Gasteiger partial charge in [0.15, 0.2) is 0 Å². The Hall–Kier alpha value is -1.71. The molecule has 0 unspecified atom stereocenters. The molecule has 0 N–H and O–H groups in total. The van der Waals surface area contributed by atoms with E-state index in [-0.39, 0.29) is 0 Å². The first kappa shape index (κ1) is 16.2. The highest BCUT2D eigenvalue weighted by atomic mass is 16.2. The lowest BCUT2D eigenvalue weighted by atomic mass is 10.1. The number of piperazine rings is 1. The highest BCUT2D eigenvalue weighted by Crippen LogP contribution is 2.24. The van der Waals surface area contributed by atoms with Crippen molar-refractivity contribution >= 4 is 17.3 Å². The average molecular weight is 315 g/mol. The summed E-state index contributed by atoms with van der Waals surface area (Å²) in [5.74, 6) is 0.313. The summed E-state index contributed by atoms with van der Waals surface area (Å²) in [6, 6.07) is 9.01. The van der Waals surface area contributed by atoms with Gasteiger partial charge < -0.3 is 14.7 Å². The van der Waals surface area contributed by atoms with Gasteiger partial charge in [-0.15, -0.1) is 0 Å². The highest BCUT2D eigenvalue weighted by Gasteiger charge is 2.20. The van der Waals surface area contributed by atoms with E-state index in [1.165, 1.54) is 43.7 Å². The maximum Gasteiger partial charge on any atom is 0.222 e. The average Bonchev–Trinajstić information content (AvgIpc) is 2.63. The third-order valence-corrected chi connectivity index (χ3v) is 5.03. The Morgan fingerprint density at radius 1 is 0.826 bits per heavy atom. The summed E-state index contributed by atoms with van der Waals surface area (Å²) in [7, 11) is 0. The second-order valence-corrected chi connectivity index (χ2v) is 6.68. The van der Waals surface area contributed by atoms with Crippen LogP contribution in [0.1, 0.15) is 39.0 Å². The largest absolute Gasteiger partial charge is 0.372 e. The van der Waals surface area contributed by atoms with E-state index in [2.05, 4.69) is 41.0 Å². The van der Waals surface area contributed by atoms with E-state index in [0.29, 0.717) is 12.3 Å². The lowest BCUT2D eigenvalue weighted by Gasteiger charge is -2.36. The fraction of sp³-hybridized carbons (Fsp3) is 0.632. The molecule has 23 heavy (non-hydrogen) atoms. The molecule has 2 heterocycles. The summed E-state index contributed by atoms with van der Waals surface area (Å²) in [5, 5.41) is 0. The van der Waals surface area contributed by atoms with Gasteiger partial charge in [-0.05, 0) is 49.9 Å². The molecule has 2 fully saturated rings. The van der Waals surface area contributed by atoms with Crippen LogP contribution in [0.4, 0.5) is 11.4 Å². The van der Waals surface area contributed by atoms with Gasteiger partial charge in [-0.2, -0.15) is 0 Å². The van der Waals surface area contributed by atoms with Crippen LogP contribution < -0.4 is 9.80 Å². The molecule has 126 valence electrons. The van der Waals surface area contributed by atoms with Gasteiger partial charge in [0.05, 0.1) is 0 Å². The van der Waals surface area contributed by atoms with E-state index >= 15 is 0 Å². The molecule has 1 aromatic carbocycles. The van der Waals surface area contributed by atoms with Crippen molar-refractivity contribution in [1.29, 1.82) is 0 Å². The number of amides is 1. The molecular weight excluding hydrogens is 286 g/mol. The molecular formula is C19H29N3O. The lowest BCUT2D eigenvalue weighted by molar-refractivity contribution is -0.131. The van der Waals surface area contributed by atoms with Crippen molar-refractivity contribution in [3.8, 4) is 0 Å². The predicted molar refractivity (Wildman–Crippen MR) is 96.2 cm³/mol. The maximum atomic E-state index is 12.0. The summed E-state index contributed by atoms with van der Waals surface area (Å²) in [6.45, 7) is 8.05. The van der Waals surface area contributed by atoms with Crippen LogP contribution >= 0.6 is 0 Å².